The first-order valence-electron chi connectivity index (χ1n) is 14.2. The monoisotopic (exact) mass is 546 g/mol. The van der Waals surface area contributed by atoms with Gasteiger partial charge < -0.3 is 30.0 Å². The first-order valence-corrected chi connectivity index (χ1v) is 14.2. The molecule has 3 aliphatic rings. The molecule has 1 saturated heterocycles. The Morgan fingerprint density at radius 1 is 1.20 bits per heavy atom. The van der Waals surface area contributed by atoms with Gasteiger partial charge in [0.15, 0.2) is 0 Å². The molecule has 10 heteroatoms. The molecule has 4 heterocycles. The minimum absolute atomic E-state index is 0.00162. The number of carbonyl (C=O) groups excluding carboxylic acids is 1. The number of piperazine rings is 1. The van der Waals surface area contributed by atoms with Gasteiger partial charge in [-0.2, -0.15) is 4.98 Å². The summed E-state index contributed by atoms with van der Waals surface area (Å²) in [4.78, 5) is 35.1. The van der Waals surface area contributed by atoms with E-state index in [-0.39, 0.29) is 12.5 Å². The Bertz CT molecular complexity index is 1310. The van der Waals surface area contributed by atoms with Crippen LogP contribution in [0.1, 0.15) is 37.9 Å². The summed E-state index contributed by atoms with van der Waals surface area (Å²) < 4.78 is 0. The number of fused-ring (bicyclic) bond motifs is 1. The Balaban J connectivity index is 1.39. The number of nitrogens with one attached hydrogen (secondary N) is 1. The molecule has 40 heavy (non-hydrogen) atoms. The van der Waals surface area contributed by atoms with Crippen molar-refractivity contribution in [2.24, 2.45) is 5.92 Å². The van der Waals surface area contributed by atoms with Gasteiger partial charge in [-0.3, -0.25) is 4.79 Å². The van der Waals surface area contributed by atoms with Gasteiger partial charge in [0.2, 0.25) is 11.9 Å². The Hall–Kier alpha value is -3.50. The minimum atomic E-state index is -0.482. The van der Waals surface area contributed by atoms with Crippen LogP contribution >= 0.6 is 0 Å². The van der Waals surface area contributed by atoms with Crippen LogP contribution in [0.5, 0.6) is 0 Å². The summed E-state index contributed by atoms with van der Waals surface area (Å²) in [7, 11) is 5.99. The van der Waals surface area contributed by atoms with E-state index in [2.05, 4.69) is 64.2 Å². The van der Waals surface area contributed by atoms with Crippen LogP contribution in [0.4, 0.5) is 17.6 Å². The summed E-state index contributed by atoms with van der Waals surface area (Å²) in [5.74, 6) is 2.64. The van der Waals surface area contributed by atoms with E-state index in [0.717, 1.165) is 67.5 Å². The fourth-order valence-electron chi connectivity index (χ4n) is 5.59. The van der Waals surface area contributed by atoms with Crippen LogP contribution in [0.2, 0.25) is 0 Å². The fourth-order valence-corrected chi connectivity index (χ4v) is 5.59. The average Bonchev–Trinajstić information content (AvgIpc) is 3.12. The topological polar surface area (TPSA) is 101 Å². The summed E-state index contributed by atoms with van der Waals surface area (Å²) in [6.45, 7) is 7.81. The van der Waals surface area contributed by atoms with Crippen LogP contribution in [-0.4, -0.2) is 101 Å². The second kappa shape index (κ2) is 11.5. The first kappa shape index (κ1) is 28.0. The van der Waals surface area contributed by atoms with Gasteiger partial charge in [0.25, 0.3) is 0 Å². The third kappa shape index (κ3) is 5.83. The number of pyridine rings is 1. The van der Waals surface area contributed by atoms with E-state index >= 15 is 0 Å². The zero-order valence-electron chi connectivity index (χ0n) is 24.4. The number of rotatable bonds is 8. The molecule has 10 nitrogen and oxygen atoms in total. The predicted molar refractivity (Wildman–Crippen MR) is 157 cm³/mol. The summed E-state index contributed by atoms with van der Waals surface area (Å²) in [6, 6.07) is 6.10. The van der Waals surface area contributed by atoms with Gasteiger partial charge in [-0.05, 0) is 57.1 Å². The van der Waals surface area contributed by atoms with E-state index in [4.69, 9.17) is 9.97 Å². The predicted octanol–water partition coefficient (Wildman–Crippen LogP) is 2.76. The molecule has 0 radical (unpaired) electrons. The van der Waals surface area contributed by atoms with Crippen molar-refractivity contribution >= 4 is 23.5 Å². The van der Waals surface area contributed by atoms with Crippen molar-refractivity contribution in [2.45, 2.75) is 38.5 Å². The molecule has 1 unspecified atom stereocenters. The smallest absolute Gasteiger partial charge is 0.241 e. The molecule has 2 aromatic heterocycles. The maximum atomic E-state index is 12.3. The van der Waals surface area contributed by atoms with Crippen LogP contribution in [0, 0.1) is 5.92 Å². The third-order valence-electron chi connectivity index (χ3n) is 8.32. The molecule has 0 spiro atoms. The third-order valence-corrected chi connectivity index (χ3v) is 8.32. The van der Waals surface area contributed by atoms with E-state index in [9.17, 15) is 9.90 Å². The summed E-state index contributed by atoms with van der Waals surface area (Å²) >= 11 is 0. The first-order chi connectivity index (χ1) is 19.2. The Kier molecular flexibility index (Phi) is 8.09. The Morgan fingerprint density at radius 2 is 2.02 bits per heavy atom. The van der Waals surface area contributed by atoms with Crippen molar-refractivity contribution in [3.63, 3.8) is 0 Å². The molecule has 0 bridgehead atoms. The van der Waals surface area contributed by atoms with Crippen LogP contribution in [0.25, 0.3) is 0 Å². The van der Waals surface area contributed by atoms with E-state index in [1.54, 1.807) is 4.90 Å². The number of hydrogen-bond acceptors (Lipinski definition) is 9. The molecule has 5 rings (SSSR count). The highest BCUT2D eigenvalue weighted by atomic mass is 16.3. The van der Waals surface area contributed by atoms with Crippen molar-refractivity contribution in [3.8, 4) is 0 Å². The van der Waals surface area contributed by atoms with Crippen LogP contribution < -0.4 is 10.2 Å². The number of carbonyl (C=O) groups is 1. The molecule has 214 valence electrons. The standard InChI is InChI=1S/C30H42N8O2/c1-21-9-10-23(11-12-25(21)37-16-15-36(5)27(40)18-37)33-29-31-17-24-28(34-29)38(19-30(24,2)20-39)26-8-6-7-22(32-26)13-14-35(3)4/h6-8,11-12,17,21,39H,9-10,13-16,18-20H2,1-5H3,(H,31,33,34)/t21?,30-/m0/s1. The number of hydrogen-bond donors (Lipinski definition) is 2. The lowest BCUT2D eigenvalue weighted by atomic mass is 9.87. The molecule has 0 saturated carbocycles. The van der Waals surface area contributed by atoms with Crippen LogP contribution in [-0.2, 0) is 16.6 Å². The van der Waals surface area contributed by atoms with Crippen molar-refractivity contribution < 1.29 is 9.90 Å². The van der Waals surface area contributed by atoms with Crippen molar-refractivity contribution in [2.75, 3.05) is 70.7 Å². The number of aliphatic hydroxyl groups is 1. The molecular weight excluding hydrogens is 504 g/mol. The van der Waals surface area contributed by atoms with Crippen molar-refractivity contribution in [1.82, 2.24) is 29.7 Å². The fraction of sp³-hybridized carbons (Fsp3) is 0.533. The number of amides is 1. The highest BCUT2D eigenvalue weighted by Gasteiger charge is 2.41. The zero-order valence-corrected chi connectivity index (χ0v) is 24.4. The largest absolute Gasteiger partial charge is 0.395 e. The number of aliphatic hydroxyl groups excluding tert-OH is 1. The van der Waals surface area contributed by atoms with Crippen LogP contribution in [0.15, 0.2) is 47.9 Å². The van der Waals surface area contributed by atoms with Gasteiger partial charge in [0.05, 0.1) is 13.2 Å². The molecule has 1 amide bonds. The van der Waals surface area contributed by atoms with E-state index < -0.39 is 5.41 Å². The summed E-state index contributed by atoms with van der Waals surface area (Å²) in [5.41, 5.74) is 3.72. The van der Waals surface area contributed by atoms with Gasteiger partial charge in [0.1, 0.15) is 11.6 Å². The van der Waals surface area contributed by atoms with Crippen LogP contribution in [0.3, 0.4) is 0 Å². The van der Waals surface area contributed by atoms with Gasteiger partial charge in [-0.15, -0.1) is 0 Å². The molecular formula is C30H42N8O2. The summed E-state index contributed by atoms with van der Waals surface area (Å²) in [5, 5.41) is 13.8. The molecule has 2 aliphatic heterocycles. The highest BCUT2D eigenvalue weighted by molar-refractivity contribution is 5.79. The average molecular weight is 547 g/mol. The lowest BCUT2D eigenvalue weighted by Gasteiger charge is -2.36. The number of allylic oxidation sites excluding steroid dienone is 4. The lowest BCUT2D eigenvalue weighted by Crippen LogP contribution is -2.48. The number of nitrogens with zero attached hydrogens (tertiary/aromatic N) is 7. The molecule has 1 aliphatic carbocycles. The molecule has 1 fully saturated rings. The number of aromatic nitrogens is 3. The Morgan fingerprint density at radius 3 is 2.77 bits per heavy atom. The van der Waals surface area contributed by atoms with Gasteiger partial charge in [-0.25, -0.2) is 9.97 Å². The lowest BCUT2D eigenvalue weighted by molar-refractivity contribution is -0.133. The second-order valence-electron chi connectivity index (χ2n) is 11.9. The van der Waals surface area contributed by atoms with Gasteiger partial charge in [-0.1, -0.05) is 19.9 Å². The van der Waals surface area contributed by atoms with E-state index in [1.165, 1.54) is 5.70 Å². The zero-order chi connectivity index (χ0) is 28.4. The second-order valence-corrected chi connectivity index (χ2v) is 11.9. The quantitative estimate of drug-likeness (QED) is 0.518. The molecule has 2 N–H and O–H groups in total. The molecule has 2 atom stereocenters. The Labute approximate surface area is 237 Å². The van der Waals surface area contributed by atoms with Crippen molar-refractivity contribution in [3.05, 3.63) is 59.2 Å². The van der Waals surface area contributed by atoms with E-state index in [1.807, 2.05) is 32.3 Å². The maximum Gasteiger partial charge on any atom is 0.241 e. The van der Waals surface area contributed by atoms with Gasteiger partial charge >= 0.3 is 0 Å². The normalized spacial score (nSPS) is 23.2. The number of likely N-dealkylation sites (N-methyl/N-ethyl adjacent to an activating group) is 2. The van der Waals surface area contributed by atoms with Gasteiger partial charge in [0, 0.05) is 73.9 Å². The highest BCUT2D eigenvalue weighted by Crippen LogP contribution is 2.42. The SMILES string of the molecule is CC1CCC(Nc2ncc3c(n2)N(c2cccc(CCN(C)C)n2)C[C@@]3(C)CO)=CC=C1N1CCN(C)C(=O)C1. The van der Waals surface area contributed by atoms with Crippen molar-refractivity contribution in [1.29, 1.82) is 0 Å². The number of anilines is 3. The van der Waals surface area contributed by atoms with E-state index in [0.29, 0.717) is 25.0 Å². The maximum absolute atomic E-state index is 12.3. The molecule has 0 aromatic carbocycles. The minimum Gasteiger partial charge on any atom is -0.395 e. The summed E-state index contributed by atoms with van der Waals surface area (Å²) in [6.07, 6.45) is 8.77. The molecule has 2 aromatic rings.